The van der Waals surface area contributed by atoms with E-state index in [1.54, 1.807) is 0 Å². The van der Waals surface area contributed by atoms with Crippen molar-refractivity contribution >= 4 is 23.0 Å². The molecule has 0 bridgehead atoms. The summed E-state index contributed by atoms with van der Waals surface area (Å²) in [4.78, 5) is 4.42. The summed E-state index contributed by atoms with van der Waals surface area (Å²) in [6, 6.07) is 5.67. The van der Waals surface area contributed by atoms with E-state index in [9.17, 15) is 0 Å². The maximum absolute atomic E-state index is 6.21. The molecule has 0 fully saturated rings. The molecule has 1 rings (SSSR count). The Morgan fingerprint density at radius 3 is 2.47 bits per heavy atom. The summed E-state index contributed by atoms with van der Waals surface area (Å²) in [5.74, 6) is 0. The average molecular weight is 256 g/mol. The van der Waals surface area contributed by atoms with Gasteiger partial charge in [-0.15, -0.1) is 0 Å². The monoisotopic (exact) mass is 255 g/mol. The van der Waals surface area contributed by atoms with Crippen LogP contribution >= 0.6 is 11.6 Å². The SMILES string of the molecule is CCN(CCCN(C)C)c1c(N)cccc1Cl. The van der Waals surface area contributed by atoms with Crippen LogP contribution in [0, 0.1) is 0 Å². The van der Waals surface area contributed by atoms with E-state index in [1.165, 1.54) is 0 Å². The molecule has 0 aliphatic heterocycles. The Kier molecular flexibility index (Phi) is 5.59. The Morgan fingerprint density at radius 1 is 1.24 bits per heavy atom. The average Bonchev–Trinajstić information content (AvgIpc) is 2.26. The van der Waals surface area contributed by atoms with E-state index in [-0.39, 0.29) is 0 Å². The molecule has 0 aliphatic rings. The first kappa shape index (κ1) is 14.1. The normalized spacial score (nSPS) is 10.9. The van der Waals surface area contributed by atoms with Gasteiger partial charge in [-0.1, -0.05) is 17.7 Å². The van der Waals surface area contributed by atoms with Crippen molar-refractivity contribution in [2.45, 2.75) is 13.3 Å². The van der Waals surface area contributed by atoms with Crippen LogP contribution in [0.1, 0.15) is 13.3 Å². The number of benzene rings is 1. The number of hydrogen-bond acceptors (Lipinski definition) is 3. The molecule has 0 saturated heterocycles. The van der Waals surface area contributed by atoms with E-state index in [2.05, 4.69) is 30.8 Å². The van der Waals surface area contributed by atoms with Crippen molar-refractivity contribution < 1.29 is 0 Å². The lowest BCUT2D eigenvalue weighted by Crippen LogP contribution is -2.27. The van der Waals surface area contributed by atoms with Gasteiger partial charge < -0.3 is 15.5 Å². The van der Waals surface area contributed by atoms with Crippen molar-refractivity contribution in [3.63, 3.8) is 0 Å². The number of rotatable bonds is 6. The number of hydrogen-bond donors (Lipinski definition) is 1. The highest BCUT2D eigenvalue weighted by Gasteiger charge is 2.11. The molecule has 0 unspecified atom stereocenters. The topological polar surface area (TPSA) is 32.5 Å². The highest BCUT2D eigenvalue weighted by Crippen LogP contribution is 2.31. The van der Waals surface area contributed by atoms with Gasteiger partial charge in [0.25, 0.3) is 0 Å². The zero-order chi connectivity index (χ0) is 12.8. The Morgan fingerprint density at radius 2 is 1.94 bits per heavy atom. The van der Waals surface area contributed by atoms with Crippen LogP contribution in [0.2, 0.25) is 5.02 Å². The fourth-order valence-electron chi connectivity index (χ4n) is 1.87. The van der Waals surface area contributed by atoms with Gasteiger partial charge in [0, 0.05) is 13.1 Å². The maximum atomic E-state index is 6.21. The molecule has 0 radical (unpaired) electrons. The van der Waals surface area contributed by atoms with Crippen LogP contribution < -0.4 is 10.6 Å². The molecule has 96 valence electrons. The molecule has 0 amide bonds. The molecular formula is C13H22ClN3. The molecule has 0 aliphatic carbocycles. The van der Waals surface area contributed by atoms with Crippen molar-refractivity contribution in [2.24, 2.45) is 0 Å². The lowest BCUT2D eigenvalue weighted by atomic mass is 10.2. The lowest BCUT2D eigenvalue weighted by molar-refractivity contribution is 0.400. The van der Waals surface area contributed by atoms with Gasteiger partial charge in [0.05, 0.1) is 16.4 Å². The summed E-state index contributed by atoms with van der Waals surface area (Å²) in [6.45, 7) is 5.09. The number of halogens is 1. The van der Waals surface area contributed by atoms with E-state index < -0.39 is 0 Å². The number of anilines is 2. The van der Waals surface area contributed by atoms with Crippen LogP contribution in [0.3, 0.4) is 0 Å². The second kappa shape index (κ2) is 6.72. The quantitative estimate of drug-likeness (QED) is 0.794. The van der Waals surface area contributed by atoms with Gasteiger partial charge in [-0.25, -0.2) is 0 Å². The van der Waals surface area contributed by atoms with Gasteiger partial charge >= 0.3 is 0 Å². The van der Waals surface area contributed by atoms with Gasteiger partial charge in [0.1, 0.15) is 0 Å². The summed E-state index contributed by atoms with van der Waals surface area (Å²) < 4.78 is 0. The molecule has 0 atom stereocenters. The molecule has 1 aromatic rings. The molecule has 0 spiro atoms. The third kappa shape index (κ3) is 4.10. The standard InChI is InChI=1S/C13H22ClN3/c1-4-17(10-6-9-16(2)3)13-11(14)7-5-8-12(13)15/h5,7-8H,4,6,9-10,15H2,1-3H3. The van der Waals surface area contributed by atoms with Gasteiger partial charge in [-0.05, 0) is 46.1 Å². The van der Waals surface area contributed by atoms with E-state index >= 15 is 0 Å². The fraction of sp³-hybridized carbons (Fsp3) is 0.538. The van der Waals surface area contributed by atoms with Crippen LogP contribution in [0.4, 0.5) is 11.4 Å². The zero-order valence-electron chi connectivity index (χ0n) is 10.9. The summed E-state index contributed by atoms with van der Waals surface area (Å²) >= 11 is 6.21. The molecule has 0 heterocycles. The lowest BCUT2D eigenvalue weighted by Gasteiger charge is -2.26. The molecule has 2 N–H and O–H groups in total. The Bertz CT molecular complexity index is 332. The van der Waals surface area contributed by atoms with Gasteiger partial charge in [0.15, 0.2) is 0 Å². The molecule has 0 saturated carbocycles. The minimum absolute atomic E-state index is 0.733. The van der Waals surface area contributed by atoms with E-state index in [0.29, 0.717) is 0 Å². The molecule has 3 nitrogen and oxygen atoms in total. The highest BCUT2D eigenvalue weighted by molar-refractivity contribution is 6.34. The Hall–Kier alpha value is -0.930. The first-order chi connectivity index (χ1) is 8.06. The number of nitrogens with zero attached hydrogens (tertiary/aromatic N) is 2. The number of para-hydroxylation sites is 1. The van der Waals surface area contributed by atoms with Crippen LogP contribution in [-0.2, 0) is 0 Å². The smallest absolute Gasteiger partial charge is 0.0789 e. The number of nitrogens with two attached hydrogens (primary N) is 1. The molecule has 0 aromatic heterocycles. The summed E-state index contributed by atoms with van der Waals surface area (Å²) in [5.41, 5.74) is 7.71. The third-order valence-corrected chi connectivity index (χ3v) is 3.05. The van der Waals surface area contributed by atoms with Crippen molar-refractivity contribution in [3.05, 3.63) is 23.2 Å². The van der Waals surface area contributed by atoms with Gasteiger partial charge in [-0.3, -0.25) is 0 Å². The zero-order valence-corrected chi connectivity index (χ0v) is 11.7. The second-order valence-corrected chi connectivity index (χ2v) is 4.82. The molecular weight excluding hydrogens is 234 g/mol. The summed E-state index contributed by atoms with van der Waals surface area (Å²) in [5, 5.41) is 0.733. The van der Waals surface area contributed by atoms with E-state index in [0.717, 1.165) is 42.5 Å². The molecule has 4 heteroatoms. The van der Waals surface area contributed by atoms with Gasteiger partial charge in [0.2, 0.25) is 0 Å². The van der Waals surface area contributed by atoms with Crippen LogP contribution in [0.5, 0.6) is 0 Å². The van der Waals surface area contributed by atoms with Crippen LogP contribution in [-0.4, -0.2) is 38.6 Å². The van der Waals surface area contributed by atoms with Crippen molar-refractivity contribution in [3.8, 4) is 0 Å². The first-order valence-corrected chi connectivity index (χ1v) is 6.37. The summed E-state index contributed by atoms with van der Waals surface area (Å²) in [6.07, 6.45) is 1.10. The molecule has 17 heavy (non-hydrogen) atoms. The van der Waals surface area contributed by atoms with Crippen molar-refractivity contribution in [1.82, 2.24) is 4.90 Å². The predicted octanol–water partition coefficient (Wildman–Crippen LogP) is 2.70. The molecule has 1 aromatic carbocycles. The van der Waals surface area contributed by atoms with Crippen LogP contribution in [0.25, 0.3) is 0 Å². The largest absolute Gasteiger partial charge is 0.397 e. The summed E-state index contributed by atoms with van der Waals surface area (Å²) in [7, 11) is 4.17. The van der Waals surface area contributed by atoms with Crippen molar-refractivity contribution in [2.75, 3.05) is 44.4 Å². The third-order valence-electron chi connectivity index (χ3n) is 2.75. The minimum Gasteiger partial charge on any atom is -0.397 e. The van der Waals surface area contributed by atoms with E-state index in [4.69, 9.17) is 17.3 Å². The second-order valence-electron chi connectivity index (χ2n) is 4.41. The van der Waals surface area contributed by atoms with Crippen molar-refractivity contribution in [1.29, 1.82) is 0 Å². The van der Waals surface area contributed by atoms with E-state index in [1.807, 2.05) is 18.2 Å². The predicted molar refractivity (Wildman–Crippen MR) is 76.9 cm³/mol. The van der Waals surface area contributed by atoms with Gasteiger partial charge in [-0.2, -0.15) is 0 Å². The number of nitrogen functional groups attached to an aromatic ring is 1. The highest BCUT2D eigenvalue weighted by atomic mass is 35.5. The Labute approximate surface area is 109 Å². The maximum Gasteiger partial charge on any atom is 0.0789 e. The Balaban J connectivity index is 2.72. The minimum atomic E-state index is 0.733. The van der Waals surface area contributed by atoms with Crippen LogP contribution in [0.15, 0.2) is 18.2 Å². The first-order valence-electron chi connectivity index (χ1n) is 6.00. The fourth-order valence-corrected chi connectivity index (χ4v) is 2.17.